The predicted molar refractivity (Wildman–Crippen MR) is 108 cm³/mol. The van der Waals surface area contributed by atoms with Gasteiger partial charge in [0.25, 0.3) is 0 Å². The van der Waals surface area contributed by atoms with Crippen LogP contribution in [0.25, 0.3) is 11.1 Å². The molecule has 0 spiro atoms. The fourth-order valence-corrected chi connectivity index (χ4v) is 4.65. The van der Waals surface area contributed by atoms with Gasteiger partial charge in [-0.25, -0.2) is 8.78 Å². The van der Waals surface area contributed by atoms with Crippen molar-refractivity contribution in [1.82, 2.24) is 0 Å². The van der Waals surface area contributed by atoms with E-state index in [1.54, 1.807) is 44.5 Å². The maximum Gasteiger partial charge on any atom is 0.244 e. The Balaban J connectivity index is 0.00000261. The molecule has 0 saturated carbocycles. The largest absolute Gasteiger partial charge is 0.320 e. The van der Waals surface area contributed by atoms with Crippen LogP contribution in [-0.4, -0.2) is 31.3 Å². The van der Waals surface area contributed by atoms with E-state index < -0.39 is 30.7 Å². The highest BCUT2D eigenvalue weighted by Gasteiger charge is 2.37. The number of anilines is 1. The molecule has 146 valence electrons. The number of amides is 1. The second-order valence-corrected chi connectivity index (χ2v) is 10.2. The summed E-state index contributed by atoms with van der Waals surface area (Å²) in [6.07, 6.45) is 0.388. The van der Waals surface area contributed by atoms with Gasteiger partial charge >= 0.3 is 0 Å². The van der Waals surface area contributed by atoms with Crippen LogP contribution in [0.2, 0.25) is 0 Å². The summed E-state index contributed by atoms with van der Waals surface area (Å²) in [5.74, 6) is -2.59. The molecular formula is C19H22ClF2N2O2P. The second-order valence-electron chi connectivity index (χ2n) is 7.03. The van der Waals surface area contributed by atoms with Crippen molar-refractivity contribution in [3.63, 3.8) is 0 Å². The van der Waals surface area contributed by atoms with Crippen LogP contribution in [0.15, 0.2) is 36.4 Å². The Hall–Kier alpha value is -1.75. The summed E-state index contributed by atoms with van der Waals surface area (Å²) in [6.45, 7) is 4.91. The summed E-state index contributed by atoms with van der Waals surface area (Å²) in [4.78, 5) is 13.4. The molecule has 1 amide bonds. The summed E-state index contributed by atoms with van der Waals surface area (Å²) >= 11 is 0. The number of carbonyl (C=O) groups excluding carboxylic acids is 1. The van der Waals surface area contributed by atoms with Gasteiger partial charge in [0.1, 0.15) is 7.14 Å². The molecule has 4 nitrogen and oxygen atoms in total. The number of benzene rings is 2. The van der Waals surface area contributed by atoms with Gasteiger partial charge in [-0.15, -0.1) is 12.4 Å². The van der Waals surface area contributed by atoms with E-state index in [0.29, 0.717) is 17.3 Å². The Morgan fingerprint density at radius 2 is 1.70 bits per heavy atom. The van der Waals surface area contributed by atoms with Crippen LogP contribution in [0, 0.1) is 11.6 Å². The predicted octanol–water partition coefficient (Wildman–Crippen LogP) is 3.75. The lowest BCUT2D eigenvalue weighted by molar-refractivity contribution is -0.118. The van der Waals surface area contributed by atoms with Crippen molar-refractivity contribution in [1.29, 1.82) is 0 Å². The molecule has 0 bridgehead atoms. The average Bonchev–Trinajstić information content (AvgIpc) is 2.82. The van der Waals surface area contributed by atoms with Gasteiger partial charge in [0.05, 0.1) is 11.7 Å². The normalized spacial score (nSPS) is 19.9. The topological polar surface area (TPSA) is 63.4 Å². The fourth-order valence-electron chi connectivity index (χ4n) is 3.43. The number of hydrogen-bond donors (Lipinski definition) is 1. The van der Waals surface area contributed by atoms with Gasteiger partial charge in [-0.05, 0) is 44.4 Å². The van der Waals surface area contributed by atoms with Crippen molar-refractivity contribution in [2.75, 3.05) is 18.2 Å². The van der Waals surface area contributed by atoms with Crippen LogP contribution in [-0.2, 0) is 9.36 Å². The number of nitrogens with zero attached hydrogens (tertiary/aromatic N) is 1. The van der Waals surface area contributed by atoms with E-state index in [0.717, 1.165) is 0 Å². The molecule has 0 aliphatic carbocycles. The monoisotopic (exact) mass is 414 g/mol. The third-order valence-electron chi connectivity index (χ3n) is 4.69. The molecular weight excluding hydrogens is 393 g/mol. The molecule has 2 unspecified atom stereocenters. The van der Waals surface area contributed by atoms with E-state index in [9.17, 15) is 18.1 Å². The van der Waals surface area contributed by atoms with Crippen molar-refractivity contribution in [3.8, 4) is 11.1 Å². The number of rotatable bonds is 3. The van der Waals surface area contributed by atoms with Gasteiger partial charge in [0, 0.05) is 16.9 Å². The quantitative estimate of drug-likeness (QED) is 0.778. The molecule has 0 aromatic heterocycles. The second kappa shape index (κ2) is 7.70. The SMILES string of the molecule is CC1CC(N)C(=O)N1c1ccc(-c2ccccc2P(C)(C)=O)c(F)c1F.Cl. The van der Waals surface area contributed by atoms with Gasteiger partial charge in [-0.3, -0.25) is 4.79 Å². The molecule has 2 aromatic carbocycles. The minimum absolute atomic E-state index is 0. The van der Waals surface area contributed by atoms with E-state index in [2.05, 4.69) is 0 Å². The van der Waals surface area contributed by atoms with Crippen molar-refractivity contribution < 1.29 is 18.1 Å². The lowest BCUT2D eigenvalue weighted by atomic mass is 10.0. The minimum atomic E-state index is -2.69. The Kier molecular flexibility index (Phi) is 6.15. The maximum atomic E-state index is 14.9. The highest BCUT2D eigenvalue weighted by atomic mass is 35.5. The lowest BCUT2D eigenvalue weighted by Gasteiger charge is -2.23. The zero-order valence-corrected chi connectivity index (χ0v) is 17.0. The summed E-state index contributed by atoms with van der Waals surface area (Å²) in [5.41, 5.74) is 6.03. The molecule has 1 aliphatic rings. The average molecular weight is 415 g/mol. The molecule has 2 N–H and O–H groups in total. The highest BCUT2D eigenvalue weighted by molar-refractivity contribution is 7.70. The molecule has 2 atom stereocenters. The van der Waals surface area contributed by atoms with E-state index in [1.165, 1.54) is 17.0 Å². The molecule has 27 heavy (non-hydrogen) atoms. The van der Waals surface area contributed by atoms with Gasteiger partial charge in [0.2, 0.25) is 5.91 Å². The smallest absolute Gasteiger partial charge is 0.244 e. The van der Waals surface area contributed by atoms with E-state index in [-0.39, 0.29) is 29.7 Å². The van der Waals surface area contributed by atoms with Crippen LogP contribution >= 0.6 is 19.5 Å². The summed E-state index contributed by atoms with van der Waals surface area (Å²) in [5, 5.41) is 0.485. The molecule has 1 fully saturated rings. The summed E-state index contributed by atoms with van der Waals surface area (Å²) < 4.78 is 42.2. The highest BCUT2D eigenvalue weighted by Crippen LogP contribution is 2.40. The number of hydrogen-bond acceptors (Lipinski definition) is 3. The van der Waals surface area contributed by atoms with Crippen LogP contribution in [0.3, 0.4) is 0 Å². The van der Waals surface area contributed by atoms with Crippen LogP contribution in [0.1, 0.15) is 13.3 Å². The number of nitrogens with two attached hydrogens (primary N) is 1. The van der Waals surface area contributed by atoms with Crippen molar-refractivity contribution in [3.05, 3.63) is 48.0 Å². The molecule has 3 rings (SSSR count). The zero-order valence-electron chi connectivity index (χ0n) is 15.3. The van der Waals surface area contributed by atoms with Gasteiger partial charge in [0.15, 0.2) is 11.6 Å². The summed E-state index contributed by atoms with van der Waals surface area (Å²) in [6, 6.07) is 8.46. The summed E-state index contributed by atoms with van der Waals surface area (Å²) in [7, 11) is -2.69. The third-order valence-corrected chi connectivity index (χ3v) is 6.24. The first kappa shape index (κ1) is 21.5. The Labute approximate surface area is 163 Å². The number of carbonyl (C=O) groups is 1. The third kappa shape index (κ3) is 3.79. The van der Waals surface area contributed by atoms with Crippen LogP contribution < -0.4 is 15.9 Å². The van der Waals surface area contributed by atoms with Gasteiger partial charge < -0.3 is 15.2 Å². The van der Waals surface area contributed by atoms with Crippen molar-refractivity contribution >= 4 is 36.4 Å². The first-order valence-corrected chi connectivity index (χ1v) is 10.9. The van der Waals surface area contributed by atoms with E-state index >= 15 is 0 Å². The van der Waals surface area contributed by atoms with Crippen molar-refractivity contribution in [2.24, 2.45) is 5.73 Å². The first-order valence-electron chi connectivity index (χ1n) is 8.34. The molecule has 1 heterocycles. The zero-order chi connectivity index (χ0) is 19.2. The lowest BCUT2D eigenvalue weighted by Crippen LogP contribution is -2.36. The Morgan fingerprint density at radius 3 is 2.26 bits per heavy atom. The molecule has 0 radical (unpaired) electrons. The van der Waals surface area contributed by atoms with E-state index in [4.69, 9.17) is 5.73 Å². The minimum Gasteiger partial charge on any atom is -0.320 e. The number of halogens is 3. The van der Waals surface area contributed by atoms with Crippen LogP contribution in [0.4, 0.5) is 14.5 Å². The van der Waals surface area contributed by atoms with Crippen molar-refractivity contribution in [2.45, 2.75) is 25.4 Å². The van der Waals surface area contributed by atoms with Gasteiger partial charge in [-0.1, -0.05) is 24.3 Å². The fraction of sp³-hybridized carbons (Fsp3) is 0.316. The van der Waals surface area contributed by atoms with E-state index in [1.807, 2.05) is 0 Å². The van der Waals surface area contributed by atoms with Gasteiger partial charge in [-0.2, -0.15) is 0 Å². The Bertz CT molecular complexity index is 932. The maximum absolute atomic E-state index is 14.9. The molecule has 8 heteroatoms. The molecule has 1 aliphatic heterocycles. The standard InChI is InChI=1S/C19H21F2N2O2P.ClH/c1-11-10-14(22)19(24)23(11)15-9-8-13(17(20)18(15)21)12-6-4-5-7-16(12)26(2,3)25;/h4-9,11,14H,10,22H2,1-3H3;1H. The molecule has 1 saturated heterocycles. The van der Waals surface area contributed by atoms with Crippen LogP contribution in [0.5, 0.6) is 0 Å². The first-order chi connectivity index (χ1) is 12.1. The Morgan fingerprint density at radius 1 is 1.07 bits per heavy atom. The molecule has 2 aromatic rings.